The molecular weight excluding hydrogens is 226 g/mol. The van der Waals surface area contributed by atoms with Crippen LogP contribution in [-0.4, -0.2) is 32.3 Å². The van der Waals surface area contributed by atoms with Crippen LogP contribution < -0.4 is 5.73 Å². The Bertz CT molecular complexity index is 309. The number of Topliss-reactive ketones (excluding diaryl/α,β-unsaturated/α-hetero) is 1. The van der Waals surface area contributed by atoms with E-state index in [1.165, 1.54) is 0 Å². The molecule has 0 aliphatic carbocycles. The van der Waals surface area contributed by atoms with Crippen LogP contribution in [0.3, 0.4) is 0 Å². The molecule has 0 bridgehead atoms. The largest absolute Gasteiger partial charge is 0.330 e. The first-order valence-corrected chi connectivity index (χ1v) is 7.59. The predicted octanol–water partition coefficient (Wildman–Crippen LogP) is 1.00. The minimum absolute atomic E-state index is 0.0304. The highest BCUT2D eigenvalue weighted by atomic mass is 32.2. The maximum atomic E-state index is 11.7. The van der Waals surface area contributed by atoms with Gasteiger partial charge in [-0.3, -0.25) is 4.79 Å². The highest BCUT2D eigenvalue weighted by Crippen LogP contribution is 2.13. The zero-order valence-corrected chi connectivity index (χ0v) is 11.2. The summed E-state index contributed by atoms with van der Waals surface area (Å²) in [6.07, 6.45) is 0.698. The topological polar surface area (TPSA) is 77.2 Å². The predicted molar refractivity (Wildman–Crippen MR) is 66.0 cm³/mol. The molecule has 1 atom stereocenters. The summed E-state index contributed by atoms with van der Waals surface area (Å²) in [5, 5.41) is 0. The average Bonchev–Trinajstić information content (AvgIpc) is 2.15. The van der Waals surface area contributed by atoms with Crippen LogP contribution in [-0.2, 0) is 14.6 Å². The summed E-state index contributed by atoms with van der Waals surface area (Å²) < 4.78 is 22.9. The minimum Gasteiger partial charge on any atom is -0.330 e. The van der Waals surface area contributed by atoms with Crippen molar-refractivity contribution in [1.82, 2.24) is 0 Å². The van der Waals surface area contributed by atoms with Crippen molar-refractivity contribution in [3.8, 4) is 0 Å². The van der Waals surface area contributed by atoms with E-state index >= 15 is 0 Å². The first-order valence-electron chi connectivity index (χ1n) is 5.77. The zero-order valence-electron chi connectivity index (χ0n) is 10.4. The molecule has 96 valence electrons. The molecule has 16 heavy (non-hydrogen) atoms. The molecule has 0 aliphatic rings. The quantitative estimate of drug-likeness (QED) is 0.696. The first-order chi connectivity index (χ1) is 7.34. The Hall–Kier alpha value is -0.420. The highest BCUT2D eigenvalue weighted by Gasteiger charge is 2.22. The second kappa shape index (κ2) is 7.01. The van der Waals surface area contributed by atoms with Crippen LogP contribution in [0.1, 0.15) is 33.6 Å². The van der Waals surface area contributed by atoms with Crippen molar-refractivity contribution in [3.63, 3.8) is 0 Å². The van der Waals surface area contributed by atoms with Gasteiger partial charge in [-0.25, -0.2) is 8.42 Å². The molecule has 5 heteroatoms. The van der Waals surface area contributed by atoms with E-state index in [9.17, 15) is 13.2 Å². The number of sulfone groups is 1. The maximum absolute atomic E-state index is 11.7. The van der Waals surface area contributed by atoms with E-state index in [0.717, 1.165) is 0 Å². The third kappa shape index (κ3) is 5.61. The summed E-state index contributed by atoms with van der Waals surface area (Å²) in [7, 11) is -3.06. The zero-order chi connectivity index (χ0) is 12.8. The number of hydrogen-bond acceptors (Lipinski definition) is 4. The van der Waals surface area contributed by atoms with Gasteiger partial charge < -0.3 is 5.73 Å². The van der Waals surface area contributed by atoms with Gasteiger partial charge in [0.05, 0.1) is 5.75 Å². The third-order valence-electron chi connectivity index (χ3n) is 2.65. The fourth-order valence-electron chi connectivity index (χ4n) is 1.63. The van der Waals surface area contributed by atoms with Crippen LogP contribution in [0.25, 0.3) is 0 Å². The van der Waals surface area contributed by atoms with Crippen molar-refractivity contribution in [2.75, 3.05) is 18.1 Å². The molecule has 4 nitrogen and oxygen atoms in total. The van der Waals surface area contributed by atoms with Gasteiger partial charge in [0.2, 0.25) is 0 Å². The Morgan fingerprint density at radius 2 is 1.81 bits per heavy atom. The van der Waals surface area contributed by atoms with E-state index in [1.807, 2.05) is 20.8 Å². The molecule has 0 saturated heterocycles. The number of hydrogen-bond donors (Lipinski definition) is 1. The maximum Gasteiger partial charge on any atom is 0.150 e. The lowest BCUT2D eigenvalue weighted by Gasteiger charge is -2.17. The van der Waals surface area contributed by atoms with Gasteiger partial charge in [-0.15, -0.1) is 0 Å². The first kappa shape index (κ1) is 15.6. The molecule has 2 N–H and O–H groups in total. The summed E-state index contributed by atoms with van der Waals surface area (Å²) in [4.78, 5) is 11.7. The van der Waals surface area contributed by atoms with Crippen LogP contribution in [0.2, 0.25) is 0 Å². The van der Waals surface area contributed by atoms with E-state index in [4.69, 9.17) is 5.73 Å². The standard InChI is InChI=1S/C11H23NO3S/c1-4-6-16(14,15)7-5-11(13)10(8-12)9(2)3/h9-10H,4-8,12H2,1-3H3. The van der Waals surface area contributed by atoms with Crippen molar-refractivity contribution >= 4 is 15.6 Å². The summed E-state index contributed by atoms with van der Waals surface area (Å²) >= 11 is 0. The number of nitrogens with two attached hydrogens (primary N) is 1. The second-order valence-electron chi connectivity index (χ2n) is 4.45. The van der Waals surface area contributed by atoms with Gasteiger partial charge >= 0.3 is 0 Å². The molecule has 0 rings (SSSR count). The molecule has 0 amide bonds. The lowest BCUT2D eigenvalue weighted by atomic mass is 9.90. The van der Waals surface area contributed by atoms with Gasteiger partial charge in [0, 0.05) is 24.6 Å². The summed E-state index contributed by atoms with van der Waals surface area (Å²) in [6.45, 7) is 5.96. The number of rotatable bonds is 8. The van der Waals surface area contributed by atoms with E-state index < -0.39 is 9.84 Å². The molecule has 0 aromatic rings. The molecule has 1 unspecified atom stereocenters. The Morgan fingerprint density at radius 3 is 2.19 bits per heavy atom. The van der Waals surface area contributed by atoms with Gasteiger partial charge in [-0.1, -0.05) is 20.8 Å². The van der Waals surface area contributed by atoms with E-state index in [2.05, 4.69) is 0 Å². The van der Waals surface area contributed by atoms with Crippen molar-refractivity contribution in [2.45, 2.75) is 33.6 Å². The SMILES string of the molecule is CCCS(=O)(=O)CCC(=O)C(CN)C(C)C. The van der Waals surface area contributed by atoms with Gasteiger partial charge in [0.1, 0.15) is 5.78 Å². The van der Waals surface area contributed by atoms with Crippen molar-refractivity contribution in [3.05, 3.63) is 0 Å². The van der Waals surface area contributed by atoms with Crippen molar-refractivity contribution in [1.29, 1.82) is 0 Å². The average molecular weight is 249 g/mol. The second-order valence-corrected chi connectivity index (χ2v) is 6.76. The molecule has 0 spiro atoms. The Balaban J connectivity index is 4.26. The van der Waals surface area contributed by atoms with E-state index in [-0.39, 0.29) is 35.5 Å². The Kier molecular flexibility index (Phi) is 6.83. The molecule has 0 aromatic carbocycles. The van der Waals surface area contributed by atoms with Crippen LogP contribution in [0.15, 0.2) is 0 Å². The van der Waals surface area contributed by atoms with Gasteiger partial charge in [-0.2, -0.15) is 0 Å². The normalized spacial score (nSPS) is 14.1. The minimum atomic E-state index is -3.06. The van der Waals surface area contributed by atoms with E-state index in [1.54, 1.807) is 0 Å². The van der Waals surface area contributed by atoms with Crippen molar-refractivity contribution in [2.24, 2.45) is 17.6 Å². The lowest BCUT2D eigenvalue weighted by Crippen LogP contribution is -2.29. The monoisotopic (exact) mass is 249 g/mol. The van der Waals surface area contributed by atoms with Gasteiger partial charge in [-0.05, 0) is 12.3 Å². The number of carbonyl (C=O) groups is 1. The number of ketones is 1. The van der Waals surface area contributed by atoms with Crippen LogP contribution in [0, 0.1) is 11.8 Å². The Labute approximate surface area is 98.5 Å². The van der Waals surface area contributed by atoms with Gasteiger partial charge in [0.25, 0.3) is 0 Å². The third-order valence-corrected chi connectivity index (χ3v) is 4.50. The smallest absolute Gasteiger partial charge is 0.150 e. The summed E-state index contributed by atoms with van der Waals surface area (Å²) in [5.41, 5.74) is 5.50. The molecule has 0 heterocycles. The fraction of sp³-hybridized carbons (Fsp3) is 0.909. The summed E-state index contributed by atoms with van der Waals surface area (Å²) in [5.74, 6) is 0.0541. The lowest BCUT2D eigenvalue weighted by molar-refractivity contribution is -0.123. The number of carbonyl (C=O) groups excluding carboxylic acids is 1. The molecule has 0 radical (unpaired) electrons. The van der Waals surface area contributed by atoms with Crippen LogP contribution in [0.5, 0.6) is 0 Å². The van der Waals surface area contributed by atoms with Crippen LogP contribution >= 0.6 is 0 Å². The van der Waals surface area contributed by atoms with E-state index in [0.29, 0.717) is 13.0 Å². The Morgan fingerprint density at radius 1 is 1.25 bits per heavy atom. The summed E-state index contributed by atoms with van der Waals surface area (Å²) in [6, 6.07) is 0. The molecule has 0 aliphatic heterocycles. The molecule has 0 saturated carbocycles. The molecular formula is C11H23NO3S. The van der Waals surface area contributed by atoms with Crippen molar-refractivity contribution < 1.29 is 13.2 Å². The molecule has 0 aromatic heterocycles. The fourth-order valence-corrected chi connectivity index (χ4v) is 2.97. The molecule has 0 fully saturated rings. The highest BCUT2D eigenvalue weighted by molar-refractivity contribution is 7.91. The van der Waals surface area contributed by atoms with Crippen LogP contribution in [0.4, 0.5) is 0 Å². The van der Waals surface area contributed by atoms with Gasteiger partial charge in [0.15, 0.2) is 9.84 Å².